The fourth-order valence-electron chi connectivity index (χ4n) is 2.16. The zero-order valence-corrected chi connectivity index (χ0v) is 16.3. The van der Waals surface area contributed by atoms with Crippen molar-refractivity contribution in [3.8, 4) is 0 Å². The molecule has 1 amide bonds. The molecule has 12 heteroatoms. The molecular formula is C16H19F3N4O4S. The molecule has 0 unspecified atom stereocenters. The van der Waals surface area contributed by atoms with E-state index in [0.717, 1.165) is 22.7 Å². The second-order valence-electron chi connectivity index (χ2n) is 6.34. The minimum atomic E-state index is -4.53. The first-order valence-electron chi connectivity index (χ1n) is 7.99. The predicted octanol–water partition coefficient (Wildman–Crippen LogP) is 3.10. The number of oxazole rings is 1. The van der Waals surface area contributed by atoms with Crippen molar-refractivity contribution in [3.05, 3.63) is 41.3 Å². The van der Waals surface area contributed by atoms with Crippen LogP contribution in [0.5, 0.6) is 0 Å². The molecule has 2 N–H and O–H groups in total. The third-order valence-corrected chi connectivity index (χ3v) is 5.09. The smallest absolute Gasteiger partial charge is 0.416 e. The first-order chi connectivity index (χ1) is 12.8. The molecule has 1 aromatic carbocycles. The van der Waals surface area contributed by atoms with Gasteiger partial charge in [-0.3, -0.25) is 4.79 Å². The summed E-state index contributed by atoms with van der Waals surface area (Å²) in [6, 6.07) is 2.97. The summed E-state index contributed by atoms with van der Waals surface area (Å²) >= 11 is 0. The number of alkyl halides is 3. The Morgan fingerprint density at radius 1 is 1.25 bits per heavy atom. The van der Waals surface area contributed by atoms with Crippen LogP contribution in [0.1, 0.15) is 41.4 Å². The average Bonchev–Trinajstić information content (AvgIpc) is 3.02. The summed E-state index contributed by atoms with van der Waals surface area (Å²) in [5.41, 5.74) is -0.529. The third-order valence-electron chi connectivity index (χ3n) is 3.68. The molecule has 1 heterocycles. The molecule has 0 saturated heterocycles. The van der Waals surface area contributed by atoms with Crippen molar-refractivity contribution >= 4 is 27.8 Å². The third kappa shape index (κ3) is 5.01. The molecule has 28 heavy (non-hydrogen) atoms. The van der Waals surface area contributed by atoms with Crippen molar-refractivity contribution in [2.75, 3.05) is 19.4 Å². The SMILES string of the molecule is CC(C)c1ccc(C(F)(F)F)cc1Nc1nc(C(=O)NS(=O)(=O)N(C)C)co1. The highest BCUT2D eigenvalue weighted by Gasteiger charge is 2.31. The molecule has 0 radical (unpaired) electrons. The first-order valence-corrected chi connectivity index (χ1v) is 9.43. The van der Waals surface area contributed by atoms with E-state index in [2.05, 4.69) is 10.3 Å². The highest BCUT2D eigenvalue weighted by molar-refractivity contribution is 7.87. The van der Waals surface area contributed by atoms with Crippen molar-refractivity contribution in [1.29, 1.82) is 0 Å². The molecule has 8 nitrogen and oxygen atoms in total. The normalized spacial score (nSPS) is 12.5. The Balaban J connectivity index is 2.29. The first kappa shape index (κ1) is 21.7. The van der Waals surface area contributed by atoms with Crippen LogP contribution in [0.3, 0.4) is 0 Å². The number of aromatic nitrogens is 1. The van der Waals surface area contributed by atoms with E-state index < -0.39 is 27.9 Å². The molecule has 2 rings (SSSR count). The number of rotatable bonds is 6. The molecule has 0 aliphatic heterocycles. The summed E-state index contributed by atoms with van der Waals surface area (Å²) < 4.78 is 69.9. The van der Waals surface area contributed by atoms with Crippen LogP contribution in [0.15, 0.2) is 28.9 Å². The van der Waals surface area contributed by atoms with Gasteiger partial charge in [-0.05, 0) is 23.6 Å². The lowest BCUT2D eigenvalue weighted by atomic mass is 9.99. The number of anilines is 2. The standard InChI is InChI=1S/C16H19F3N4O4S/c1-9(2)11-6-5-10(16(17,18)19)7-12(11)20-15-21-13(8-27-15)14(24)22-28(25,26)23(3)4/h5-9H,1-4H3,(H,20,21)(H,22,24). The summed E-state index contributed by atoms with van der Waals surface area (Å²) in [7, 11) is -1.57. The van der Waals surface area contributed by atoms with Crippen LogP contribution in [-0.4, -0.2) is 37.7 Å². The number of hydrogen-bond acceptors (Lipinski definition) is 6. The van der Waals surface area contributed by atoms with Crippen LogP contribution in [0.2, 0.25) is 0 Å². The quantitative estimate of drug-likeness (QED) is 0.744. The van der Waals surface area contributed by atoms with Crippen molar-refractivity contribution in [1.82, 2.24) is 14.0 Å². The van der Waals surface area contributed by atoms with E-state index in [1.54, 1.807) is 18.6 Å². The molecular weight excluding hydrogens is 401 g/mol. The lowest BCUT2D eigenvalue weighted by molar-refractivity contribution is -0.137. The Morgan fingerprint density at radius 3 is 2.43 bits per heavy atom. The molecule has 2 aromatic rings. The summed E-state index contributed by atoms with van der Waals surface area (Å²) in [5.74, 6) is -1.15. The molecule has 0 saturated carbocycles. The van der Waals surface area contributed by atoms with E-state index in [9.17, 15) is 26.4 Å². The minimum absolute atomic E-state index is 0.104. The van der Waals surface area contributed by atoms with Gasteiger partial charge in [-0.25, -0.2) is 4.72 Å². The second kappa shape index (κ2) is 7.80. The summed E-state index contributed by atoms with van der Waals surface area (Å²) in [6.07, 6.45) is -3.64. The van der Waals surface area contributed by atoms with Gasteiger partial charge in [0, 0.05) is 19.8 Å². The monoisotopic (exact) mass is 420 g/mol. The molecule has 0 spiro atoms. The van der Waals surface area contributed by atoms with Gasteiger partial charge in [0.15, 0.2) is 5.69 Å². The molecule has 0 bridgehead atoms. The summed E-state index contributed by atoms with van der Waals surface area (Å²) in [5, 5.41) is 2.61. The number of carbonyl (C=O) groups is 1. The van der Waals surface area contributed by atoms with Crippen LogP contribution in [0.4, 0.5) is 24.9 Å². The fourth-order valence-corrected chi connectivity index (χ4v) is 2.68. The van der Waals surface area contributed by atoms with Crippen LogP contribution in [0, 0.1) is 0 Å². The largest absolute Gasteiger partial charge is 0.431 e. The Kier molecular flexibility index (Phi) is 6.04. The summed E-state index contributed by atoms with van der Waals surface area (Å²) in [4.78, 5) is 15.8. The number of hydrogen-bond donors (Lipinski definition) is 2. The van der Waals surface area contributed by atoms with Gasteiger partial charge in [0.25, 0.3) is 11.9 Å². The molecule has 1 aromatic heterocycles. The van der Waals surface area contributed by atoms with Gasteiger partial charge < -0.3 is 9.73 Å². The van der Waals surface area contributed by atoms with E-state index in [4.69, 9.17) is 4.42 Å². The average molecular weight is 420 g/mol. The van der Waals surface area contributed by atoms with E-state index in [-0.39, 0.29) is 23.3 Å². The van der Waals surface area contributed by atoms with Crippen LogP contribution < -0.4 is 10.0 Å². The minimum Gasteiger partial charge on any atom is -0.431 e. The number of nitrogens with zero attached hydrogens (tertiary/aromatic N) is 2. The fraction of sp³-hybridized carbons (Fsp3) is 0.375. The van der Waals surface area contributed by atoms with E-state index in [0.29, 0.717) is 5.56 Å². The second-order valence-corrected chi connectivity index (χ2v) is 8.22. The number of benzene rings is 1. The van der Waals surface area contributed by atoms with Gasteiger partial charge in [-0.15, -0.1) is 0 Å². The van der Waals surface area contributed by atoms with Gasteiger partial charge in [0.05, 0.1) is 5.56 Å². The highest BCUT2D eigenvalue weighted by Crippen LogP contribution is 2.35. The molecule has 154 valence electrons. The Labute approximate surface area is 159 Å². The van der Waals surface area contributed by atoms with Gasteiger partial charge >= 0.3 is 16.4 Å². The molecule has 0 atom stereocenters. The van der Waals surface area contributed by atoms with Crippen molar-refractivity contribution in [2.24, 2.45) is 0 Å². The van der Waals surface area contributed by atoms with Crippen LogP contribution in [-0.2, 0) is 16.4 Å². The Bertz CT molecular complexity index is 969. The van der Waals surface area contributed by atoms with Gasteiger partial charge in [-0.2, -0.15) is 30.9 Å². The lowest BCUT2D eigenvalue weighted by Gasteiger charge is -2.15. The highest BCUT2D eigenvalue weighted by atomic mass is 32.2. The van der Waals surface area contributed by atoms with Crippen molar-refractivity contribution < 1.29 is 30.8 Å². The van der Waals surface area contributed by atoms with Crippen LogP contribution >= 0.6 is 0 Å². The number of amides is 1. The van der Waals surface area contributed by atoms with Gasteiger partial charge in [-0.1, -0.05) is 19.9 Å². The topological polar surface area (TPSA) is 105 Å². The zero-order valence-electron chi connectivity index (χ0n) is 15.5. The number of nitrogens with one attached hydrogen (secondary N) is 2. The van der Waals surface area contributed by atoms with E-state index in [1.807, 2.05) is 0 Å². The van der Waals surface area contributed by atoms with Gasteiger partial charge in [0.1, 0.15) is 6.26 Å². The van der Waals surface area contributed by atoms with E-state index >= 15 is 0 Å². The molecule has 0 aliphatic carbocycles. The number of halogens is 3. The molecule has 0 aliphatic rings. The lowest BCUT2D eigenvalue weighted by Crippen LogP contribution is -2.39. The Morgan fingerprint density at radius 2 is 1.89 bits per heavy atom. The predicted molar refractivity (Wildman–Crippen MR) is 95.4 cm³/mol. The summed E-state index contributed by atoms with van der Waals surface area (Å²) in [6.45, 7) is 3.60. The zero-order chi connectivity index (χ0) is 21.3. The maximum atomic E-state index is 13.0. The number of carbonyl (C=O) groups excluding carboxylic acids is 1. The van der Waals surface area contributed by atoms with Crippen molar-refractivity contribution in [2.45, 2.75) is 25.9 Å². The van der Waals surface area contributed by atoms with E-state index in [1.165, 1.54) is 20.2 Å². The Hall–Kier alpha value is -2.60. The van der Waals surface area contributed by atoms with Crippen molar-refractivity contribution in [3.63, 3.8) is 0 Å². The maximum absolute atomic E-state index is 13.0. The molecule has 0 fully saturated rings. The van der Waals surface area contributed by atoms with Gasteiger partial charge in [0.2, 0.25) is 0 Å². The maximum Gasteiger partial charge on any atom is 0.416 e. The van der Waals surface area contributed by atoms with Crippen LogP contribution in [0.25, 0.3) is 0 Å².